The minimum absolute atomic E-state index is 0.358. The number of nitrogens with one attached hydrogen (secondary N) is 2. The zero-order chi connectivity index (χ0) is 24.9. The molecule has 7 nitrogen and oxygen atoms in total. The number of methoxy groups -OCH3 is 1. The third kappa shape index (κ3) is 7.79. The summed E-state index contributed by atoms with van der Waals surface area (Å²) in [6.07, 6.45) is 2.41. The lowest BCUT2D eigenvalue weighted by Gasteiger charge is -2.21. The Balaban J connectivity index is 1.73. The first kappa shape index (κ1) is 25.6. The first-order valence-corrected chi connectivity index (χ1v) is 11.6. The van der Waals surface area contributed by atoms with Gasteiger partial charge in [0.15, 0.2) is 0 Å². The zero-order valence-electron chi connectivity index (χ0n) is 19.9. The van der Waals surface area contributed by atoms with E-state index in [4.69, 9.17) is 10.5 Å². The SMILES string of the molecule is COc1ccc(CN[C@@H](CCCN=CN)C(=O)NC(=O)C(c2ccccc2)c2ccccc2)cc1. The van der Waals surface area contributed by atoms with Crippen molar-refractivity contribution in [3.05, 3.63) is 102 Å². The van der Waals surface area contributed by atoms with E-state index in [-0.39, 0.29) is 11.8 Å². The van der Waals surface area contributed by atoms with Gasteiger partial charge in [0.1, 0.15) is 5.75 Å². The fraction of sp³-hybridized carbons (Fsp3) is 0.250. The molecule has 0 aliphatic heterocycles. The molecule has 3 aromatic carbocycles. The average Bonchev–Trinajstić information content (AvgIpc) is 2.90. The van der Waals surface area contributed by atoms with Gasteiger partial charge in [0.25, 0.3) is 0 Å². The summed E-state index contributed by atoms with van der Waals surface area (Å²) < 4.78 is 5.20. The Hall–Kier alpha value is -3.97. The van der Waals surface area contributed by atoms with E-state index in [1.807, 2.05) is 84.9 Å². The maximum atomic E-state index is 13.4. The van der Waals surface area contributed by atoms with Crippen LogP contribution in [0.5, 0.6) is 5.75 Å². The molecule has 0 aliphatic carbocycles. The van der Waals surface area contributed by atoms with Gasteiger partial charge in [-0.2, -0.15) is 0 Å². The minimum Gasteiger partial charge on any atom is -0.497 e. The molecule has 3 aromatic rings. The Morgan fingerprint density at radius 1 is 0.914 bits per heavy atom. The predicted molar refractivity (Wildman–Crippen MR) is 138 cm³/mol. The van der Waals surface area contributed by atoms with E-state index in [1.165, 1.54) is 6.34 Å². The number of nitrogens with two attached hydrogens (primary N) is 1. The topological polar surface area (TPSA) is 106 Å². The zero-order valence-corrected chi connectivity index (χ0v) is 19.9. The van der Waals surface area contributed by atoms with Crippen LogP contribution >= 0.6 is 0 Å². The number of aliphatic imine (C=N–C) groups is 1. The number of benzene rings is 3. The third-order valence-electron chi connectivity index (χ3n) is 5.69. The normalized spacial score (nSPS) is 11.9. The van der Waals surface area contributed by atoms with Crippen molar-refractivity contribution in [1.29, 1.82) is 0 Å². The van der Waals surface area contributed by atoms with Crippen molar-refractivity contribution < 1.29 is 14.3 Å². The highest BCUT2D eigenvalue weighted by atomic mass is 16.5. The van der Waals surface area contributed by atoms with Gasteiger partial charge in [0.2, 0.25) is 11.8 Å². The molecule has 3 rings (SSSR count). The van der Waals surface area contributed by atoms with Gasteiger partial charge in [-0.25, -0.2) is 0 Å². The van der Waals surface area contributed by atoms with Gasteiger partial charge in [-0.1, -0.05) is 72.8 Å². The van der Waals surface area contributed by atoms with Crippen LogP contribution in [-0.4, -0.2) is 37.8 Å². The number of amides is 2. The molecule has 7 heteroatoms. The van der Waals surface area contributed by atoms with Crippen molar-refractivity contribution in [3.63, 3.8) is 0 Å². The van der Waals surface area contributed by atoms with Crippen LogP contribution in [0, 0.1) is 0 Å². The molecular weight excluding hydrogens is 440 g/mol. The molecule has 182 valence electrons. The van der Waals surface area contributed by atoms with Crippen LogP contribution in [-0.2, 0) is 16.1 Å². The Morgan fingerprint density at radius 2 is 1.51 bits per heavy atom. The second-order valence-corrected chi connectivity index (χ2v) is 8.09. The van der Waals surface area contributed by atoms with Gasteiger partial charge in [-0.15, -0.1) is 0 Å². The molecular formula is C28H32N4O3. The van der Waals surface area contributed by atoms with E-state index in [0.29, 0.717) is 25.9 Å². The molecule has 0 saturated carbocycles. The number of ether oxygens (including phenoxy) is 1. The largest absolute Gasteiger partial charge is 0.497 e. The standard InChI is InChI=1S/C28H32N4O3/c1-35-24-16-14-21(15-17-24)19-31-25(13-8-18-30-20-29)27(33)32-28(34)26(22-9-4-2-5-10-22)23-11-6-3-7-12-23/h2-7,9-12,14-17,20,25-26,31H,8,13,18-19H2,1H3,(H2,29,30)(H,32,33,34)/t25-/m0/s1. The van der Waals surface area contributed by atoms with Crippen molar-refractivity contribution in [2.75, 3.05) is 13.7 Å². The van der Waals surface area contributed by atoms with Crippen molar-refractivity contribution in [2.24, 2.45) is 10.7 Å². The smallest absolute Gasteiger partial charge is 0.243 e. The monoisotopic (exact) mass is 472 g/mol. The fourth-order valence-corrected chi connectivity index (χ4v) is 3.84. The summed E-state index contributed by atoms with van der Waals surface area (Å²) in [5.74, 6) is -0.549. The van der Waals surface area contributed by atoms with E-state index >= 15 is 0 Å². The first-order chi connectivity index (χ1) is 17.1. The highest BCUT2D eigenvalue weighted by molar-refractivity contribution is 6.01. The third-order valence-corrected chi connectivity index (χ3v) is 5.69. The van der Waals surface area contributed by atoms with Crippen LogP contribution in [0.3, 0.4) is 0 Å². The van der Waals surface area contributed by atoms with E-state index in [2.05, 4.69) is 15.6 Å². The van der Waals surface area contributed by atoms with E-state index < -0.39 is 12.0 Å². The lowest BCUT2D eigenvalue weighted by molar-refractivity contribution is -0.132. The molecule has 1 atom stereocenters. The van der Waals surface area contributed by atoms with Gasteiger partial charge in [-0.3, -0.25) is 19.9 Å². The predicted octanol–water partition coefficient (Wildman–Crippen LogP) is 3.40. The van der Waals surface area contributed by atoms with E-state index in [9.17, 15) is 9.59 Å². The van der Waals surface area contributed by atoms with E-state index in [1.54, 1.807) is 7.11 Å². The molecule has 0 saturated heterocycles. The first-order valence-electron chi connectivity index (χ1n) is 11.6. The van der Waals surface area contributed by atoms with Crippen molar-refractivity contribution >= 4 is 18.2 Å². The molecule has 0 unspecified atom stereocenters. The van der Waals surface area contributed by atoms with Crippen LogP contribution in [0.4, 0.5) is 0 Å². The summed E-state index contributed by atoms with van der Waals surface area (Å²) in [5.41, 5.74) is 7.98. The average molecular weight is 473 g/mol. The van der Waals surface area contributed by atoms with Gasteiger partial charge >= 0.3 is 0 Å². The van der Waals surface area contributed by atoms with Crippen LogP contribution in [0.1, 0.15) is 35.4 Å². The Morgan fingerprint density at radius 3 is 2.06 bits per heavy atom. The molecule has 2 amide bonds. The molecule has 0 bridgehead atoms. The molecule has 0 aromatic heterocycles. The van der Waals surface area contributed by atoms with Gasteiger partial charge in [0, 0.05) is 13.1 Å². The fourth-order valence-electron chi connectivity index (χ4n) is 3.84. The number of hydrogen-bond donors (Lipinski definition) is 3. The summed E-state index contributed by atoms with van der Waals surface area (Å²) in [4.78, 5) is 30.6. The highest BCUT2D eigenvalue weighted by Crippen LogP contribution is 2.24. The highest BCUT2D eigenvalue weighted by Gasteiger charge is 2.27. The second kappa shape index (κ2) is 13.7. The number of nitrogens with zero attached hydrogens (tertiary/aromatic N) is 1. The molecule has 0 aliphatic rings. The molecule has 0 spiro atoms. The van der Waals surface area contributed by atoms with Crippen LogP contribution in [0.25, 0.3) is 0 Å². The minimum atomic E-state index is -0.592. The maximum Gasteiger partial charge on any atom is 0.243 e. The summed E-state index contributed by atoms with van der Waals surface area (Å²) in [6, 6.07) is 26.0. The lowest BCUT2D eigenvalue weighted by atomic mass is 9.90. The quantitative estimate of drug-likeness (QED) is 0.213. The summed E-state index contributed by atoms with van der Waals surface area (Å²) in [5, 5.41) is 5.93. The van der Waals surface area contributed by atoms with Gasteiger partial charge in [-0.05, 0) is 41.7 Å². The molecule has 0 heterocycles. The van der Waals surface area contributed by atoms with E-state index in [0.717, 1.165) is 22.4 Å². The van der Waals surface area contributed by atoms with Crippen molar-refractivity contribution in [1.82, 2.24) is 10.6 Å². The van der Waals surface area contributed by atoms with Crippen LogP contribution < -0.4 is 21.1 Å². The second-order valence-electron chi connectivity index (χ2n) is 8.09. The Kier molecular flexibility index (Phi) is 10.0. The number of carbonyl (C=O) groups is 2. The van der Waals surface area contributed by atoms with Crippen LogP contribution in [0.2, 0.25) is 0 Å². The van der Waals surface area contributed by atoms with Crippen molar-refractivity contribution in [3.8, 4) is 5.75 Å². The number of hydrogen-bond acceptors (Lipinski definition) is 5. The summed E-state index contributed by atoms with van der Waals surface area (Å²) >= 11 is 0. The van der Waals surface area contributed by atoms with Gasteiger partial charge in [0.05, 0.1) is 25.4 Å². The Bertz CT molecular complexity index is 1050. The lowest BCUT2D eigenvalue weighted by Crippen LogP contribution is -2.47. The van der Waals surface area contributed by atoms with Gasteiger partial charge < -0.3 is 15.8 Å². The molecule has 0 fully saturated rings. The van der Waals surface area contributed by atoms with Crippen molar-refractivity contribution in [2.45, 2.75) is 31.3 Å². The number of rotatable bonds is 12. The van der Waals surface area contributed by atoms with Crippen LogP contribution in [0.15, 0.2) is 89.9 Å². The summed E-state index contributed by atoms with van der Waals surface area (Å²) in [7, 11) is 1.62. The number of carbonyl (C=O) groups excluding carboxylic acids is 2. The summed E-state index contributed by atoms with van der Waals surface area (Å²) in [6.45, 7) is 0.978. The maximum absolute atomic E-state index is 13.4. The number of imide groups is 1. The molecule has 35 heavy (non-hydrogen) atoms. The molecule has 4 N–H and O–H groups in total. The Labute approximate surface area is 206 Å². The molecule has 0 radical (unpaired) electrons.